The predicted octanol–water partition coefficient (Wildman–Crippen LogP) is 1.93. The fraction of sp³-hybridized carbons (Fsp3) is 0.833. The molecule has 100 valence electrons. The molecule has 0 heterocycles. The molecule has 0 aliphatic heterocycles. The fourth-order valence-corrected chi connectivity index (χ4v) is 1.44. The molecule has 0 bridgehead atoms. The Kier molecular flexibility index (Phi) is 7.34. The van der Waals surface area contributed by atoms with Crippen LogP contribution < -0.4 is 5.32 Å². The molecule has 0 aromatic carbocycles. The van der Waals surface area contributed by atoms with Crippen molar-refractivity contribution in [1.82, 2.24) is 10.2 Å². The molecular weight excluding hydrogens is 220 g/mol. The van der Waals surface area contributed by atoms with Crippen molar-refractivity contribution in [3.05, 3.63) is 0 Å². The highest BCUT2D eigenvalue weighted by molar-refractivity contribution is 5.82. The first kappa shape index (κ1) is 15.7. The number of carboxylic acids is 1. The van der Waals surface area contributed by atoms with E-state index in [9.17, 15) is 9.59 Å². The molecule has 0 radical (unpaired) electrons. The van der Waals surface area contributed by atoms with Crippen molar-refractivity contribution in [3.8, 4) is 0 Å². The molecule has 0 rings (SSSR count). The molecule has 0 saturated heterocycles. The number of nitrogens with one attached hydrogen (secondary N) is 1. The maximum absolute atomic E-state index is 11.9. The lowest BCUT2D eigenvalue weighted by Crippen LogP contribution is -2.48. The number of rotatable bonds is 7. The van der Waals surface area contributed by atoms with Crippen LogP contribution in [0.3, 0.4) is 0 Å². The van der Waals surface area contributed by atoms with Gasteiger partial charge >= 0.3 is 12.0 Å². The zero-order chi connectivity index (χ0) is 13.4. The van der Waals surface area contributed by atoms with Gasteiger partial charge in [0.25, 0.3) is 0 Å². The van der Waals surface area contributed by atoms with E-state index in [4.69, 9.17) is 5.11 Å². The summed E-state index contributed by atoms with van der Waals surface area (Å²) in [5, 5.41) is 11.4. The second kappa shape index (κ2) is 7.92. The molecule has 2 unspecified atom stereocenters. The SMILES string of the molecule is CCC(C)CN(CC)C(=O)NC(CC)C(=O)O. The smallest absolute Gasteiger partial charge is 0.326 e. The molecule has 5 nitrogen and oxygen atoms in total. The number of nitrogens with zero attached hydrogens (tertiary/aromatic N) is 1. The molecule has 2 amide bonds. The number of carbonyl (C=O) groups is 2. The second-order valence-corrected chi connectivity index (χ2v) is 4.30. The molecular formula is C12H24N2O3. The first-order valence-electron chi connectivity index (χ1n) is 6.24. The van der Waals surface area contributed by atoms with Crippen LogP contribution in [0, 0.1) is 5.92 Å². The number of urea groups is 1. The Hall–Kier alpha value is -1.26. The Bertz CT molecular complexity index is 256. The first-order valence-corrected chi connectivity index (χ1v) is 6.24. The number of aliphatic carboxylic acids is 1. The topological polar surface area (TPSA) is 69.6 Å². The van der Waals surface area contributed by atoms with Crippen molar-refractivity contribution >= 4 is 12.0 Å². The van der Waals surface area contributed by atoms with Gasteiger partial charge in [-0.1, -0.05) is 27.2 Å². The Morgan fingerprint density at radius 1 is 1.24 bits per heavy atom. The standard InChI is InChI=1S/C12H24N2O3/c1-5-9(4)8-14(7-3)12(17)13-10(6-2)11(15)16/h9-10H,5-8H2,1-4H3,(H,13,17)(H,15,16). The molecule has 0 aromatic rings. The average Bonchev–Trinajstić information content (AvgIpc) is 2.31. The summed E-state index contributed by atoms with van der Waals surface area (Å²) in [5.74, 6) is -0.564. The van der Waals surface area contributed by atoms with Gasteiger partial charge in [0.1, 0.15) is 6.04 Å². The summed E-state index contributed by atoms with van der Waals surface area (Å²) in [5.41, 5.74) is 0. The van der Waals surface area contributed by atoms with Gasteiger partial charge in [-0.05, 0) is 19.3 Å². The molecule has 0 aliphatic carbocycles. The molecule has 0 aromatic heterocycles. The van der Waals surface area contributed by atoms with Crippen LogP contribution in [0.1, 0.15) is 40.5 Å². The van der Waals surface area contributed by atoms with Crippen molar-refractivity contribution in [2.75, 3.05) is 13.1 Å². The van der Waals surface area contributed by atoms with E-state index in [0.717, 1.165) is 6.42 Å². The average molecular weight is 244 g/mol. The van der Waals surface area contributed by atoms with E-state index in [1.807, 2.05) is 6.92 Å². The maximum atomic E-state index is 11.9. The highest BCUT2D eigenvalue weighted by atomic mass is 16.4. The minimum absolute atomic E-state index is 0.290. The third-order valence-electron chi connectivity index (χ3n) is 2.90. The normalized spacial score (nSPS) is 13.9. The molecule has 0 aliphatic rings. The molecule has 0 saturated carbocycles. The number of amides is 2. The van der Waals surface area contributed by atoms with Crippen LogP contribution in [0.25, 0.3) is 0 Å². The molecule has 17 heavy (non-hydrogen) atoms. The third-order valence-corrected chi connectivity index (χ3v) is 2.90. The Balaban J connectivity index is 4.38. The van der Waals surface area contributed by atoms with E-state index >= 15 is 0 Å². The summed E-state index contributed by atoms with van der Waals surface area (Å²) >= 11 is 0. The summed E-state index contributed by atoms with van der Waals surface area (Å²) in [7, 11) is 0. The van der Waals surface area contributed by atoms with Gasteiger partial charge in [0, 0.05) is 13.1 Å². The highest BCUT2D eigenvalue weighted by Gasteiger charge is 2.21. The largest absolute Gasteiger partial charge is 0.480 e. The van der Waals surface area contributed by atoms with Gasteiger partial charge in [0.15, 0.2) is 0 Å². The summed E-state index contributed by atoms with van der Waals surface area (Å²) in [6, 6.07) is -1.09. The second-order valence-electron chi connectivity index (χ2n) is 4.30. The molecule has 0 fully saturated rings. The number of carbonyl (C=O) groups excluding carboxylic acids is 1. The highest BCUT2D eigenvalue weighted by Crippen LogP contribution is 2.05. The summed E-state index contributed by atoms with van der Waals surface area (Å²) in [4.78, 5) is 24.3. The van der Waals surface area contributed by atoms with E-state index < -0.39 is 12.0 Å². The van der Waals surface area contributed by atoms with Gasteiger partial charge in [-0.15, -0.1) is 0 Å². The van der Waals surface area contributed by atoms with Crippen LogP contribution >= 0.6 is 0 Å². The first-order chi connectivity index (χ1) is 7.96. The Morgan fingerprint density at radius 3 is 2.18 bits per heavy atom. The van der Waals surface area contributed by atoms with Crippen molar-refractivity contribution in [1.29, 1.82) is 0 Å². The van der Waals surface area contributed by atoms with E-state index in [1.165, 1.54) is 0 Å². The van der Waals surface area contributed by atoms with Crippen molar-refractivity contribution < 1.29 is 14.7 Å². The van der Waals surface area contributed by atoms with Crippen LogP contribution in [-0.2, 0) is 4.79 Å². The van der Waals surface area contributed by atoms with E-state index in [1.54, 1.807) is 11.8 Å². The van der Waals surface area contributed by atoms with Crippen molar-refractivity contribution in [2.45, 2.75) is 46.6 Å². The van der Waals surface area contributed by atoms with Crippen molar-refractivity contribution in [3.63, 3.8) is 0 Å². The van der Waals surface area contributed by atoms with Gasteiger partial charge in [0.05, 0.1) is 0 Å². The van der Waals surface area contributed by atoms with Gasteiger partial charge in [0.2, 0.25) is 0 Å². The van der Waals surface area contributed by atoms with Crippen molar-refractivity contribution in [2.24, 2.45) is 5.92 Å². The summed E-state index contributed by atoms with van der Waals surface area (Å²) < 4.78 is 0. The molecule has 0 spiro atoms. The molecule has 2 N–H and O–H groups in total. The van der Waals surface area contributed by atoms with Crippen LogP contribution in [0.15, 0.2) is 0 Å². The number of hydrogen-bond donors (Lipinski definition) is 2. The fourth-order valence-electron chi connectivity index (χ4n) is 1.44. The summed E-state index contributed by atoms with van der Waals surface area (Å²) in [6.45, 7) is 9.03. The van der Waals surface area contributed by atoms with Gasteiger partial charge < -0.3 is 15.3 Å². The lowest BCUT2D eigenvalue weighted by Gasteiger charge is -2.25. The van der Waals surface area contributed by atoms with Crippen LogP contribution in [0.2, 0.25) is 0 Å². The summed E-state index contributed by atoms with van der Waals surface area (Å²) in [6.07, 6.45) is 1.39. The van der Waals surface area contributed by atoms with E-state index in [0.29, 0.717) is 25.4 Å². The van der Waals surface area contributed by atoms with Crippen LogP contribution in [-0.4, -0.2) is 41.1 Å². The van der Waals surface area contributed by atoms with Crippen LogP contribution in [0.5, 0.6) is 0 Å². The van der Waals surface area contributed by atoms with E-state index in [2.05, 4.69) is 19.2 Å². The monoisotopic (exact) mass is 244 g/mol. The zero-order valence-corrected chi connectivity index (χ0v) is 11.2. The minimum Gasteiger partial charge on any atom is -0.480 e. The van der Waals surface area contributed by atoms with Crippen LogP contribution in [0.4, 0.5) is 4.79 Å². The Morgan fingerprint density at radius 2 is 1.82 bits per heavy atom. The van der Waals surface area contributed by atoms with E-state index in [-0.39, 0.29) is 6.03 Å². The quantitative estimate of drug-likeness (QED) is 0.719. The van der Waals surface area contributed by atoms with Gasteiger partial charge in [-0.3, -0.25) is 0 Å². The minimum atomic E-state index is -0.986. The maximum Gasteiger partial charge on any atom is 0.326 e. The lowest BCUT2D eigenvalue weighted by atomic mass is 10.1. The number of hydrogen-bond acceptors (Lipinski definition) is 2. The molecule has 5 heteroatoms. The predicted molar refractivity (Wildman–Crippen MR) is 66.9 cm³/mol. The van der Waals surface area contributed by atoms with Gasteiger partial charge in [-0.25, -0.2) is 9.59 Å². The third kappa shape index (κ3) is 5.56. The Labute approximate surface area is 103 Å². The lowest BCUT2D eigenvalue weighted by molar-refractivity contribution is -0.139. The molecule has 2 atom stereocenters. The van der Waals surface area contributed by atoms with Gasteiger partial charge in [-0.2, -0.15) is 0 Å². The number of carboxylic acid groups (broad SMARTS) is 1. The zero-order valence-electron chi connectivity index (χ0n) is 11.2.